The Morgan fingerprint density at radius 3 is 2.12 bits per heavy atom. The Morgan fingerprint density at radius 1 is 1.12 bits per heavy atom. The third-order valence-corrected chi connectivity index (χ3v) is 4.99. The molecule has 0 saturated heterocycles. The van der Waals surface area contributed by atoms with E-state index in [0.29, 0.717) is 5.25 Å². The quantitative estimate of drug-likeness (QED) is 0.816. The van der Waals surface area contributed by atoms with Gasteiger partial charge in [0.05, 0.1) is 0 Å². The molecule has 0 spiro atoms. The summed E-state index contributed by atoms with van der Waals surface area (Å²) in [7, 11) is 0. The van der Waals surface area contributed by atoms with Crippen molar-refractivity contribution in [3.8, 4) is 0 Å². The van der Waals surface area contributed by atoms with Gasteiger partial charge in [-0.25, -0.2) is 0 Å². The van der Waals surface area contributed by atoms with Gasteiger partial charge in [0.1, 0.15) is 0 Å². The van der Waals surface area contributed by atoms with Crippen LogP contribution in [0.1, 0.15) is 38.8 Å². The van der Waals surface area contributed by atoms with Crippen molar-refractivity contribution in [2.45, 2.75) is 57.7 Å². The maximum atomic E-state index is 6.12. The smallest absolute Gasteiger partial charge is 0.0291 e. The van der Waals surface area contributed by atoms with Gasteiger partial charge >= 0.3 is 0 Å². The van der Waals surface area contributed by atoms with Gasteiger partial charge in [0, 0.05) is 16.2 Å². The number of hydrogen-bond donors (Lipinski definition) is 1. The van der Waals surface area contributed by atoms with E-state index in [0.717, 1.165) is 0 Å². The number of benzene rings is 1. The molecule has 1 aromatic rings. The molecule has 0 aliphatic carbocycles. The van der Waals surface area contributed by atoms with Gasteiger partial charge in [0.2, 0.25) is 0 Å². The topological polar surface area (TPSA) is 26.0 Å². The highest BCUT2D eigenvalue weighted by Crippen LogP contribution is 2.37. The third-order valence-electron chi connectivity index (χ3n) is 3.07. The van der Waals surface area contributed by atoms with Crippen LogP contribution in [0.2, 0.25) is 0 Å². The Morgan fingerprint density at radius 2 is 1.71 bits per heavy atom. The van der Waals surface area contributed by atoms with Crippen molar-refractivity contribution in [3.05, 3.63) is 29.3 Å². The number of thioether (sulfide) groups is 1. The molecule has 0 bridgehead atoms. The zero-order chi connectivity index (χ0) is 13.2. The molecule has 0 aliphatic rings. The summed E-state index contributed by atoms with van der Waals surface area (Å²) in [5.41, 5.74) is 9.04. The van der Waals surface area contributed by atoms with Crippen molar-refractivity contribution in [1.29, 1.82) is 0 Å². The van der Waals surface area contributed by atoms with Crippen LogP contribution in [0.15, 0.2) is 23.1 Å². The molecule has 1 rings (SSSR count). The van der Waals surface area contributed by atoms with Crippen LogP contribution in [-0.2, 0) is 0 Å². The summed E-state index contributed by atoms with van der Waals surface area (Å²) >= 11 is 1.90. The summed E-state index contributed by atoms with van der Waals surface area (Å²) in [6, 6.07) is 6.86. The molecular formula is C15H25NS. The van der Waals surface area contributed by atoms with E-state index in [4.69, 9.17) is 5.73 Å². The van der Waals surface area contributed by atoms with Crippen molar-refractivity contribution >= 4 is 11.8 Å². The van der Waals surface area contributed by atoms with E-state index < -0.39 is 0 Å². The third kappa shape index (κ3) is 4.04. The lowest BCUT2D eigenvalue weighted by molar-refractivity contribution is 0.363. The molecule has 2 atom stereocenters. The minimum Gasteiger partial charge on any atom is -0.327 e. The van der Waals surface area contributed by atoms with Crippen LogP contribution in [0.25, 0.3) is 0 Å². The van der Waals surface area contributed by atoms with Crippen LogP contribution in [0.4, 0.5) is 0 Å². The van der Waals surface area contributed by atoms with Gasteiger partial charge < -0.3 is 5.73 Å². The van der Waals surface area contributed by atoms with Crippen LogP contribution < -0.4 is 5.73 Å². The molecule has 2 unspecified atom stereocenters. The van der Waals surface area contributed by atoms with Crippen LogP contribution in [0.5, 0.6) is 0 Å². The van der Waals surface area contributed by atoms with E-state index in [2.05, 4.69) is 59.7 Å². The van der Waals surface area contributed by atoms with Crippen molar-refractivity contribution in [2.75, 3.05) is 0 Å². The molecule has 0 aliphatic heterocycles. The first kappa shape index (κ1) is 14.6. The van der Waals surface area contributed by atoms with E-state index >= 15 is 0 Å². The van der Waals surface area contributed by atoms with E-state index in [-0.39, 0.29) is 11.5 Å². The first-order chi connectivity index (χ1) is 7.71. The zero-order valence-corrected chi connectivity index (χ0v) is 12.7. The average Bonchev–Trinajstić information content (AvgIpc) is 2.17. The largest absolute Gasteiger partial charge is 0.327 e. The summed E-state index contributed by atoms with van der Waals surface area (Å²) < 4.78 is 0. The first-order valence-electron chi connectivity index (χ1n) is 6.21. The summed E-state index contributed by atoms with van der Waals surface area (Å²) in [6.07, 6.45) is 0. The van der Waals surface area contributed by atoms with Crippen LogP contribution in [0, 0.1) is 19.3 Å². The predicted molar refractivity (Wildman–Crippen MR) is 78.7 cm³/mol. The van der Waals surface area contributed by atoms with Gasteiger partial charge in [0.25, 0.3) is 0 Å². The van der Waals surface area contributed by atoms with Crippen molar-refractivity contribution < 1.29 is 0 Å². The highest BCUT2D eigenvalue weighted by atomic mass is 32.2. The molecule has 1 nitrogen and oxygen atoms in total. The fourth-order valence-electron chi connectivity index (χ4n) is 2.01. The van der Waals surface area contributed by atoms with Gasteiger partial charge in [0.15, 0.2) is 0 Å². The second kappa shape index (κ2) is 5.45. The zero-order valence-electron chi connectivity index (χ0n) is 11.9. The lowest BCUT2D eigenvalue weighted by Gasteiger charge is -2.33. The standard InChI is InChI=1S/C15H25NS/c1-10-7-8-13(9-11(10)2)17-14(12(3)16)15(4,5)6/h7-9,12,14H,16H2,1-6H3. The molecule has 0 aromatic heterocycles. The molecular weight excluding hydrogens is 226 g/mol. The number of nitrogens with two attached hydrogens (primary N) is 1. The lowest BCUT2D eigenvalue weighted by atomic mass is 9.88. The van der Waals surface area contributed by atoms with Crippen LogP contribution >= 0.6 is 11.8 Å². The number of rotatable bonds is 3. The minimum atomic E-state index is 0.196. The minimum absolute atomic E-state index is 0.196. The normalized spacial score (nSPS) is 15.7. The molecule has 0 radical (unpaired) electrons. The Labute approximate surface area is 110 Å². The number of aryl methyl sites for hydroxylation is 2. The molecule has 2 heteroatoms. The van der Waals surface area contributed by atoms with Crippen molar-refractivity contribution in [3.63, 3.8) is 0 Å². The van der Waals surface area contributed by atoms with Crippen molar-refractivity contribution in [1.82, 2.24) is 0 Å². The van der Waals surface area contributed by atoms with Gasteiger partial charge in [-0.3, -0.25) is 0 Å². The Bertz CT molecular complexity index is 377. The molecule has 0 fully saturated rings. The number of hydrogen-bond acceptors (Lipinski definition) is 2. The Balaban J connectivity index is 2.91. The van der Waals surface area contributed by atoms with Gasteiger partial charge in [-0.15, -0.1) is 11.8 Å². The molecule has 1 aromatic carbocycles. The Hall–Kier alpha value is -0.470. The van der Waals surface area contributed by atoms with Crippen LogP contribution in [0.3, 0.4) is 0 Å². The SMILES string of the molecule is Cc1ccc(SC(C(C)N)C(C)(C)C)cc1C. The molecule has 0 amide bonds. The van der Waals surface area contributed by atoms with Gasteiger partial charge in [-0.2, -0.15) is 0 Å². The highest BCUT2D eigenvalue weighted by Gasteiger charge is 2.28. The summed E-state index contributed by atoms with van der Waals surface area (Å²) in [5, 5.41) is 0.435. The molecule has 17 heavy (non-hydrogen) atoms. The summed E-state index contributed by atoms with van der Waals surface area (Å²) in [6.45, 7) is 13.2. The fraction of sp³-hybridized carbons (Fsp3) is 0.600. The maximum Gasteiger partial charge on any atom is 0.0291 e. The van der Waals surface area contributed by atoms with E-state index in [1.54, 1.807) is 0 Å². The first-order valence-corrected chi connectivity index (χ1v) is 7.09. The highest BCUT2D eigenvalue weighted by molar-refractivity contribution is 8.00. The molecule has 0 saturated carbocycles. The van der Waals surface area contributed by atoms with Crippen LogP contribution in [-0.4, -0.2) is 11.3 Å². The fourth-order valence-corrected chi connectivity index (χ4v) is 3.26. The second-order valence-corrected chi connectivity index (χ2v) is 7.22. The molecule has 0 heterocycles. The monoisotopic (exact) mass is 251 g/mol. The second-order valence-electron chi connectivity index (χ2n) is 6.01. The van der Waals surface area contributed by atoms with E-state index in [9.17, 15) is 0 Å². The summed E-state index contributed by atoms with van der Waals surface area (Å²) in [4.78, 5) is 1.32. The molecule has 96 valence electrons. The molecule has 2 N–H and O–H groups in total. The lowest BCUT2D eigenvalue weighted by Crippen LogP contribution is -2.38. The van der Waals surface area contributed by atoms with Gasteiger partial charge in [-0.05, 0) is 49.4 Å². The maximum absolute atomic E-state index is 6.12. The average molecular weight is 251 g/mol. The Kier molecular flexibility index (Phi) is 4.68. The summed E-state index contributed by atoms with van der Waals surface area (Å²) in [5.74, 6) is 0. The predicted octanol–water partition coefficient (Wildman–Crippen LogP) is 4.16. The van der Waals surface area contributed by atoms with Gasteiger partial charge in [-0.1, -0.05) is 26.8 Å². The van der Waals surface area contributed by atoms with E-state index in [1.165, 1.54) is 16.0 Å². The van der Waals surface area contributed by atoms with E-state index in [1.807, 2.05) is 11.8 Å². The van der Waals surface area contributed by atoms with Crippen molar-refractivity contribution in [2.24, 2.45) is 11.1 Å².